The summed E-state index contributed by atoms with van der Waals surface area (Å²) in [5.74, 6) is 0.557. The molecule has 1 spiro atoms. The number of benzene rings is 1. The van der Waals surface area contributed by atoms with Crippen LogP contribution < -0.4 is 4.74 Å². The van der Waals surface area contributed by atoms with Crippen LogP contribution in [0.2, 0.25) is 0 Å². The molecule has 4 nitrogen and oxygen atoms in total. The Morgan fingerprint density at radius 1 is 1.29 bits per heavy atom. The summed E-state index contributed by atoms with van der Waals surface area (Å²) in [4.78, 5) is 4.38. The van der Waals surface area contributed by atoms with E-state index >= 15 is 0 Å². The number of fused-ring (bicyclic) bond motifs is 5. The summed E-state index contributed by atoms with van der Waals surface area (Å²) in [6, 6.07) is 4.31. The summed E-state index contributed by atoms with van der Waals surface area (Å²) in [6.07, 6.45) is -1.91. The molecule has 0 radical (unpaired) electrons. The van der Waals surface area contributed by atoms with Crippen LogP contribution in [0, 0.1) is 5.92 Å². The quantitative estimate of drug-likeness (QED) is 0.685. The van der Waals surface area contributed by atoms with Crippen molar-refractivity contribution < 1.29 is 22.3 Å². The monoisotopic (exact) mass is 337 g/mol. The number of aromatic nitrogens is 2. The van der Waals surface area contributed by atoms with Crippen LogP contribution in [-0.4, -0.2) is 47.2 Å². The maximum absolute atomic E-state index is 12.9. The zero-order valence-electron chi connectivity index (χ0n) is 12.4. The van der Waals surface area contributed by atoms with Gasteiger partial charge in [-0.3, -0.25) is 4.57 Å². The second kappa shape index (κ2) is 4.28. The maximum atomic E-state index is 12.9. The third-order valence-electron chi connectivity index (χ3n) is 5.58. The van der Waals surface area contributed by atoms with Crippen LogP contribution in [0.4, 0.5) is 13.2 Å². The van der Waals surface area contributed by atoms with Crippen LogP contribution in [0.5, 0.6) is 6.01 Å². The van der Waals surface area contributed by atoms with Crippen molar-refractivity contribution in [3.63, 3.8) is 0 Å². The summed E-state index contributed by atoms with van der Waals surface area (Å²) < 4.78 is 48.3. The number of imidazole rings is 1. The molecule has 1 aromatic heterocycles. The minimum atomic E-state index is -4.34. The van der Waals surface area contributed by atoms with Crippen LogP contribution in [0.25, 0.3) is 11.0 Å². The van der Waals surface area contributed by atoms with E-state index in [-0.39, 0.29) is 13.6 Å². The molecule has 0 N–H and O–H groups in total. The number of hydrogen-bond donors (Lipinski definition) is 0. The molecule has 5 heterocycles. The molecule has 2 aromatic rings. The van der Waals surface area contributed by atoms with Crippen molar-refractivity contribution in [1.29, 1.82) is 0 Å². The molecule has 0 amide bonds. The standard InChI is InChI=1S/C16H19BF3N3O/c17-23-5-3-10(4-6-23)15(9-23)8-22-13-2-1-11(16(18,19)20)7-12(13)21-14(22)24-15/h1-2,7,10H,3-6,8-9H2,17H3. The van der Waals surface area contributed by atoms with Crippen molar-refractivity contribution in [3.05, 3.63) is 23.8 Å². The fourth-order valence-corrected chi connectivity index (χ4v) is 4.42. The van der Waals surface area contributed by atoms with Crippen LogP contribution >= 0.6 is 0 Å². The van der Waals surface area contributed by atoms with Gasteiger partial charge in [-0.25, -0.2) is 0 Å². The van der Waals surface area contributed by atoms with Crippen LogP contribution in [-0.2, 0) is 12.7 Å². The van der Waals surface area contributed by atoms with Crippen molar-refractivity contribution in [1.82, 2.24) is 9.55 Å². The molecule has 6 rings (SSSR count). The Hall–Kier alpha value is -1.70. The highest BCUT2D eigenvalue weighted by atomic mass is 19.4. The first-order valence-electron chi connectivity index (χ1n) is 7.93. The van der Waals surface area contributed by atoms with Crippen molar-refractivity contribution in [2.75, 3.05) is 19.6 Å². The summed E-state index contributed by atoms with van der Waals surface area (Å²) >= 11 is 0. The van der Waals surface area contributed by atoms with E-state index in [1.807, 2.05) is 4.57 Å². The van der Waals surface area contributed by atoms with Crippen molar-refractivity contribution in [3.8, 4) is 6.01 Å². The molecule has 1 aromatic carbocycles. The Morgan fingerprint density at radius 2 is 2.04 bits per heavy atom. The lowest BCUT2D eigenvalue weighted by molar-refractivity contribution is -0.845. The van der Waals surface area contributed by atoms with Gasteiger partial charge in [-0.15, -0.1) is 0 Å². The van der Waals surface area contributed by atoms with Gasteiger partial charge in [-0.05, 0) is 31.0 Å². The Kier molecular flexibility index (Phi) is 2.61. The number of rotatable bonds is 0. The number of quaternary nitrogens is 1. The summed E-state index contributed by atoms with van der Waals surface area (Å²) in [5.41, 5.74) is 0.301. The van der Waals surface area contributed by atoms with E-state index in [0.717, 1.165) is 30.7 Å². The van der Waals surface area contributed by atoms with E-state index in [1.54, 1.807) is 0 Å². The van der Waals surface area contributed by atoms with E-state index in [1.165, 1.54) is 36.4 Å². The van der Waals surface area contributed by atoms with Gasteiger partial charge in [0, 0.05) is 19.0 Å². The molecule has 0 saturated carbocycles. The normalized spacial score (nSPS) is 34.8. The first-order valence-corrected chi connectivity index (χ1v) is 7.93. The molecule has 8 heteroatoms. The Morgan fingerprint density at radius 3 is 2.71 bits per heavy atom. The maximum Gasteiger partial charge on any atom is 0.416 e. The highest BCUT2D eigenvalue weighted by Gasteiger charge is 2.56. The lowest BCUT2D eigenvalue weighted by Crippen LogP contribution is -2.69. The molecule has 128 valence electrons. The zero-order valence-corrected chi connectivity index (χ0v) is 12.4. The molecule has 1 atom stereocenters. The van der Waals surface area contributed by atoms with Crippen molar-refractivity contribution >= 4 is 19.0 Å². The molecular formula is C16H19BF3N3O. The topological polar surface area (TPSA) is 27.1 Å². The van der Waals surface area contributed by atoms with Gasteiger partial charge in [0.25, 0.3) is 6.01 Å². The van der Waals surface area contributed by atoms with Crippen molar-refractivity contribution in [2.24, 2.45) is 5.92 Å². The largest absolute Gasteiger partial charge is 0.519 e. The number of ether oxygens (including phenoxy) is 1. The van der Waals surface area contributed by atoms with E-state index in [0.29, 0.717) is 17.4 Å². The second-order valence-electron chi connectivity index (χ2n) is 6.90. The lowest BCUT2D eigenvalue weighted by atomic mass is 9.71. The molecule has 2 bridgehead atoms. The predicted molar refractivity (Wildman–Crippen MR) is 85.6 cm³/mol. The molecule has 3 fully saturated rings. The van der Waals surface area contributed by atoms with E-state index in [9.17, 15) is 13.2 Å². The Bertz CT molecular complexity index is 841. The van der Waals surface area contributed by atoms with Gasteiger partial charge in [-0.2, -0.15) is 18.2 Å². The average Bonchev–Trinajstić information content (AvgIpc) is 2.99. The fraction of sp³-hybridized carbons (Fsp3) is 0.562. The first kappa shape index (κ1) is 14.6. The third-order valence-corrected chi connectivity index (χ3v) is 5.58. The zero-order chi connectivity index (χ0) is 16.7. The number of hydrogen-bond acceptors (Lipinski definition) is 2. The number of nitrogens with zero attached hydrogens (tertiary/aromatic N) is 3. The lowest BCUT2D eigenvalue weighted by Gasteiger charge is -2.60. The van der Waals surface area contributed by atoms with Gasteiger partial charge < -0.3 is 9.13 Å². The molecule has 24 heavy (non-hydrogen) atoms. The predicted octanol–water partition coefficient (Wildman–Crippen LogP) is 1.71. The minimum absolute atomic E-state index is 0.169. The molecule has 1 unspecified atom stereocenters. The number of halogens is 3. The number of alkyl halides is 3. The Balaban J connectivity index is 1.54. The fourth-order valence-electron chi connectivity index (χ4n) is 4.42. The van der Waals surface area contributed by atoms with Crippen LogP contribution in [0.1, 0.15) is 18.4 Å². The Labute approximate surface area is 138 Å². The van der Waals surface area contributed by atoms with Crippen LogP contribution in [0.3, 0.4) is 0 Å². The van der Waals surface area contributed by atoms with Gasteiger partial charge >= 0.3 is 6.18 Å². The molecule has 3 saturated heterocycles. The van der Waals surface area contributed by atoms with Gasteiger partial charge in [0.15, 0.2) is 13.6 Å². The summed E-state index contributed by atoms with van der Waals surface area (Å²) in [5, 5.41) is 0. The summed E-state index contributed by atoms with van der Waals surface area (Å²) in [6.45, 7) is 4.41. The van der Waals surface area contributed by atoms with Crippen molar-refractivity contribution in [2.45, 2.75) is 31.2 Å². The smallest absolute Gasteiger partial charge is 0.416 e. The molecule has 4 aliphatic heterocycles. The van der Waals surface area contributed by atoms with E-state index < -0.39 is 11.7 Å². The highest BCUT2D eigenvalue weighted by Crippen LogP contribution is 2.47. The summed E-state index contributed by atoms with van der Waals surface area (Å²) in [7, 11) is 0.191. The number of piperidine rings is 3. The molecular weight excluding hydrogens is 318 g/mol. The highest BCUT2D eigenvalue weighted by molar-refractivity contribution is 5.97. The van der Waals surface area contributed by atoms with Crippen LogP contribution in [0.15, 0.2) is 18.2 Å². The first-order chi connectivity index (χ1) is 11.3. The second-order valence-corrected chi connectivity index (χ2v) is 6.90. The van der Waals surface area contributed by atoms with Gasteiger partial charge in [0.05, 0.1) is 29.7 Å². The van der Waals surface area contributed by atoms with E-state index in [4.69, 9.17) is 4.74 Å². The van der Waals surface area contributed by atoms with E-state index in [2.05, 4.69) is 4.98 Å². The van der Waals surface area contributed by atoms with Gasteiger partial charge in [0.2, 0.25) is 0 Å². The SMILES string of the molecule is [BH3-][N+]12CCC(CC1)C1(Cn3c(nc4cc(C(F)(F)F)ccc43)O1)C2. The average molecular weight is 337 g/mol. The third kappa shape index (κ3) is 1.89. The van der Waals surface area contributed by atoms with Gasteiger partial charge in [0.1, 0.15) is 0 Å². The minimum Gasteiger partial charge on any atom is -0.519 e. The van der Waals surface area contributed by atoms with Gasteiger partial charge in [-0.1, -0.05) is 0 Å². The molecule has 4 aliphatic rings. The molecule has 0 aliphatic carbocycles.